The van der Waals surface area contributed by atoms with E-state index in [9.17, 15) is 4.79 Å². The zero-order valence-electron chi connectivity index (χ0n) is 12.4. The molecule has 3 rings (SSSR count). The van der Waals surface area contributed by atoms with Crippen molar-refractivity contribution in [1.82, 2.24) is 4.90 Å². The van der Waals surface area contributed by atoms with E-state index < -0.39 is 0 Å². The zero-order chi connectivity index (χ0) is 14.8. The Labute approximate surface area is 125 Å². The minimum Gasteiger partial charge on any atom is -0.486 e. The van der Waals surface area contributed by atoms with E-state index in [2.05, 4.69) is 0 Å². The summed E-state index contributed by atoms with van der Waals surface area (Å²) in [6, 6.07) is 6.00. The summed E-state index contributed by atoms with van der Waals surface area (Å²) in [5.41, 5.74) is 6.70. The van der Waals surface area contributed by atoms with Crippen LogP contribution in [-0.4, -0.2) is 37.1 Å². The number of para-hydroxylation sites is 1. The van der Waals surface area contributed by atoms with E-state index in [0.717, 1.165) is 36.4 Å². The van der Waals surface area contributed by atoms with Crippen LogP contribution in [0.5, 0.6) is 11.5 Å². The van der Waals surface area contributed by atoms with Crippen LogP contribution >= 0.6 is 0 Å². The fraction of sp³-hybridized carbons (Fsp3) is 0.562. The Balaban J connectivity index is 1.90. The highest BCUT2D eigenvalue weighted by Crippen LogP contribution is 2.43. The number of amides is 1. The second kappa shape index (κ2) is 5.93. The Morgan fingerprint density at radius 2 is 2.24 bits per heavy atom. The fourth-order valence-corrected chi connectivity index (χ4v) is 3.10. The second-order valence-corrected chi connectivity index (χ2v) is 5.70. The average Bonchev–Trinajstić information content (AvgIpc) is 3.02. The third kappa shape index (κ3) is 2.58. The van der Waals surface area contributed by atoms with Gasteiger partial charge in [0.2, 0.25) is 5.91 Å². The van der Waals surface area contributed by atoms with Crippen molar-refractivity contribution >= 4 is 5.91 Å². The van der Waals surface area contributed by atoms with Gasteiger partial charge < -0.3 is 20.1 Å². The summed E-state index contributed by atoms with van der Waals surface area (Å²) in [7, 11) is 0. The normalized spacial score (nSPS) is 22.2. The summed E-state index contributed by atoms with van der Waals surface area (Å²) >= 11 is 0. The molecular formula is C16H22N2O3. The first-order valence-corrected chi connectivity index (χ1v) is 7.61. The van der Waals surface area contributed by atoms with Crippen LogP contribution in [0, 0.1) is 5.92 Å². The number of benzene rings is 1. The first kappa shape index (κ1) is 14.2. The van der Waals surface area contributed by atoms with Crippen LogP contribution < -0.4 is 15.2 Å². The smallest absolute Gasteiger partial charge is 0.227 e. The SMILES string of the molecule is CC(CN)C(=O)N1CCCC1c1cccc2c1OCCO2. The molecule has 5 heteroatoms. The lowest BCUT2D eigenvalue weighted by molar-refractivity contribution is -0.135. The van der Waals surface area contributed by atoms with Crippen molar-refractivity contribution in [3.63, 3.8) is 0 Å². The maximum absolute atomic E-state index is 12.5. The molecule has 0 spiro atoms. The molecule has 1 aromatic carbocycles. The Morgan fingerprint density at radius 1 is 1.43 bits per heavy atom. The maximum atomic E-state index is 12.5. The van der Waals surface area contributed by atoms with Crippen LogP contribution in [-0.2, 0) is 4.79 Å². The van der Waals surface area contributed by atoms with E-state index in [1.54, 1.807) is 0 Å². The van der Waals surface area contributed by atoms with Gasteiger partial charge in [-0.1, -0.05) is 19.1 Å². The Morgan fingerprint density at radius 3 is 3.05 bits per heavy atom. The molecule has 2 unspecified atom stereocenters. The van der Waals surface area contributed by atoms with E-state index in [0.29, 0.717) is 19.8 Å². The number of fused-ring (bicyclic) bond motifs is 1. The standard InChI is InChI=1S/C16H22N2O3/c1-11(10-17)16(19)18-7-3-5-13(18)12-4-2-6-14-15(12)21-9-8-20-14/h2,4,6,11,13H,3,5,7-10,17H2,1H3. The number of ether oxygens (including phenoxy) is 2. The molecule has 0 aromatic heterocycles. The Hall–Kier alpha value is -1.75. The van der Waals surface area contributed by atoms with Crippen LogP contribution in [0.1, 0.15) is 31.4 Å². The topological polar surface area (TPSA) is 64.8 Å². The van der Waals surface area contributed by atoms with Crippen LogP contribution in [0.25, 0.3) is 0 Å². The molecule has 2 heterocycles. The molecule has 2 aliphatic rings. The number of hydrogen-bond donors (Lipinski definition) is 1. The van der Waals surface area contributed by atoms with Gasteiger partial charge in [-0.25, -0.2) is 0 Å². The molecule has 0 bridgehead atoms. The highest BCUT2D eigenvalue weighted by Gasteiger charge is 2.34. The minimum atomic E-state index is -0.137. The first-order chi connectivity index (χ1) is 10.2. The molecule has 0 aliphatic carbocycles. The molecule has 1 amide bonds. The molecular weight excluding hydrogens is 268 g/mol. The molecule has 2 N–H and O–H groups in total. The van der Waals surface area contributed by atoms with Crippen LogP contribution in [0.2, 0.25) is 0 Å². The molecule has 0 saturated carbocycles. The average molecular weight is 290 g/mol. The predicted octanol–water partition coefficient (Wildman–Crippen LogP) is 1.72. The van der Waals surface area contributed by atoms with Crippen molar-refractivity contribution in [2.45, 2.75) is 25.8 Å². The number of likely N-dealkylation sites (tertiary alicyclic amines) is 1. The third-order valence-electron chi connectivity index (χ3n) is 4.27. The van der Waals surface area contributed by atoms with Gasteiger partial charge in [0.25, 0.3) is 0 Å². The summed E-state index contributed by atoms with van der Waals surface area (Å²) in [6.45, 7) is 4.20. The van der Waals surface area contributed by atoms with Crippen LogP contribution in [0.15, 0.2) is 18.2 Å². The number of rotatable bonds is 3. The van der Waals surface area contributed by atoms with E-state index in [-0.39, 0.29) is 17.9 Å². The van der Waals surface area contributed by atoms with Gasteiger partial charge in [-0.3, -0.25) is 4.79 Å². The van der Waals surface area contributed by atoms with Crippen molar-refractivity contribution < 1.29 is 14.3 Å². The minimum absolute atomic E-state index is 0.0724. The molecule has 1 saturated heterocycles. The Bertz CT molecular complexity index is 532. The predicted molar refractivity (Wildman–Crippen MR) is 79.3 cm³/mol. The molecule has 1 fully saturated rings. The van der Waals surface area contributed by atoms with E-state index in [1.165, 1.54) is 0 Å². The summed E-state index contributed by atoms with van der Waals surface area (Å²) in [5, 5.41) is 0. The molecule has 5 nitrogen and oxygen atoms in total. The lowest BCUT2D eigenvalue weighted by Crippen LogP contribution is -2.37. The second-order valence-electron chi connectivity index (χ2n) is 5.70. The van der Waals surface area contributed by atoms with Crippen molar-refractivity contribution in [1.29, 1.82) is 0 Å². The van der Waals surface area contributed by atoms with Gasteiger partial charge in [-0.2, -0.15) is 0 Å². The molecule has 0 radical (unpaired) electrons. The molecule has 2 atom stereocenters. The number of nitrogens with zero attached hydrogens (tertiary/aromatic N) is 1. The number of carbonyl (C=O) groups excluding carboxylic acids is 1. The summed E-state index contributed by atoms with van der Waals surface area (Å²) < 4.78 is 11.4. The monoisotopic (exact) mass is 290 g/mol. The summed E-state index contributed by atoms with van der Waals surface area (Å²) in [6.07, 6.45) is 1.97. The fourth-order valence-electron chi connectivity index (χ4n) is 3.10. The van der Waals surface area contributed by atoms with Crippen LogP contribution in [0.3, 0.4) is 0 Å². The maximum Gasteiger partial charge on any atom is 0.227 e. The van der Waals surface area contributed by atoms with Gasteiger partial charge in [0.1, 0.15) is 13.2 Å². The lowest BCUT2D eigenvalue weighted by Gasteiger charge is -2.30. The molecule has 114 valence electrons. The van der Waals surface area contributed by atoms with Gasteiger partial charge in [0, 0.05) is 24.6 Å². The zero-order valence-corrected chi connectivity index (χ0v) is 12.4. The van der Waals surface area contributed by atoms with Crippen molar-refractivity contribution in [3.8, 4) is 11.5 Å². The van der Waals surface area contributed by atoms with Gasteiger partial charge in [-0.15, -0.1) is 0 Å². The quantitative estimate of drug-likeness (QED) is 0.920. The van der Waals surface area contributed by atoms with E-state index in [1.807, 2.05) is 30.0 Å². The van der Waals surface area contributed by atoms with Crippen molar-refractivity contribution in [2.24, 2.45) is 11.7 Å². The van der Waals surface area contributed by atoms with Gasteiger partial charge in [0.15, 0.2) is 11.5 Å². The van der Waals surface area contributed by atoms with E-state index in [4.69, 9.17) is 15.2 Å². The summed E-state index contributed by atoms with van der Waals surface area (Å²) in [4.78, 5) is 14.5. The van der Waals surface area contributed by atoms with Gasteiger partial charge >= 0.3 is 0 Å². The van der Waals surface area contributed by atoms with Gasteiger partial charge in [0.05, 0.1) is 6.04 Å². The number of nitrogens with two attached hydrogens (primary N) is 1. The number of hydrogen-bond acceptors (Lipinski definition) is 4. The molecule has 21 heavy (non-hydrogen) atoms. The summed E-state index contributed by atoms with van der Waals surface area (Å²) in [5.74, 6) is 1.58. The number of carbonyl (C=O) groups is 1. The first-order valence-electron chi connectivity index (χ1n) is 7.61. The highest BCUT2D eigenvalue weighted by molar-refractivity contribution is 5.79. The lowest BCUT2D eigenvalue weighted by atomic mass is 10.0. The van der Waals surface area contributed by atoms with Crippen molar-refractivity contribution in [3.05, 3.63) is 23.8 Å². The molecule has 2 aliphatic heterocycles. The Kier molecular flexibility index (Phi) is 4.01. The van der Waals surface area contributed by atoms with Gasteiger partial charge in [-0.05, 0) is 18.9 Å². The molecule has 1 aromatic rings. The van der Waals surface area contributed by atoms with E-state index >= 15 is 0 Å². The van der Waals surface area contributed by atoms with Crippen LogP contribution in [0.4, 0.5) is 0 Å². The van der Waals surface area contributed by atoms with Crippen molar-refractivity contribution in [2.75, 3.05) is 26.3 Å². The highest BCUT2D eigenvalue weighted by atomic mass is 16.6. The third-order valence-corrected chi connectivity index (χ3v) is 4.27. The largest absolute Gasteiger partial charge is 0.486 e.